The molecule has 24 heavy (non-hydrogen) atoms. The molecule has 126 valence electrons. The number of fused-ring (bicyclic) bond motifs is 1. The number of hydrogen-bond acceptors (Lipinski definition) is 5. The quantitative estimate of drug-likeness (QED) is 0.602. The molecule has 0 unspecified atom stereocenters. The highest BCUT2D eigenvalue weighted by Gasteiger charge is 2.11. The third kappa shape index (κ3) is 2.91. The molecule has 0 atom stereocenters. The van der Waals surface area contributed by atoms with Gasteiger partial charge in [-0.05, 0) is 12.1 Å². The van der Waals surface area contributed by atoms with Crippen molar-refractivity contribution in [3.63, 3.8) is 0 Å². The van der Waals surface area contributed by atoms with Crippen molar-refractivity contribution >= 4 is 22.8 Å². The van der Waals surface area contributed by atoms with Crippen molar-refractivity contribution in [2.24, 2.45) is 21.1 Å². The minimum atomic E-state index is -0.988. The first-order chi connectivity index (χ1) is 11.3. The van der Waals surface area contributed by atoms with E-state index in [0.717, 1.165) is 4.57 Å². The summed E-state index contributed by atoms with van der Waals surface area (Å²) in [5, 5.41) is 8.49. The van der Waals surface area contributed by atoms with Crippen molar-refractivity contribution in [3.05, 3.63) is 57.0 Å². The van der Waals surface area contributed by atoms with E-state index in [1.807, 2.05) is 0 Å². The van der Waals surface area contributed by atoms with E-state index in [4.69, 9.17) is 10.8 Å². The standard InChI is InChI=1S/C8H10N4O2.C7H7NO2/c1-10-4-9-6-5(10)7(13)12(3)8(14)11(6)2;8-6-4-2-1-3-5(6)7(9)10/h4H,1-3H3;1-4H,8H2,(H,9,10). The average molecular weight is 331 g/mol. The van der Waals surface area contributed by atoms with Gasteiger partial charge in [-0.3, -0.25) is 13.9 Å². The monoisotopic (exact) mass is 331 g/mol. The number of nitrogens with two attached hydrogens (primary N) is 1. The molecule has 0 aliphatic carbocycles. The number of imidazole rings is 1. The van der Waals surface area contributed by atoms with Gasteiger partial charge in [-0.15, -0.1) is 0 Å². The van der Waals surface area contributed by atoms with Crippen molar-refractivity contribution in [1.29, 1.82) is 0 Å². The number of para-hydroxylation sites is 1. The van der Waals surface area contributed by atoms with Crippen LogP contribution < -0.4 is 17.0 Å². The Morgan fingerprint density at radius 1 is 1.12 bits per heavy atom. The van der Waals surface area contributed by atoms with Gasteiger partial charge in [-0.2, -0.15) is 0 Å². The third-order valence-corrected chi connectivity index (χ3v) is 3.51. The second-order valence-corrected chi connectivity index (χ2v) is 5.13. The summed E-state index contributed by atoms with van der Waals surface area (Å²) in [5.74, 6) is -0.988. The van der Waals surface area contributed by atoms with Gasteiger partial charge < -0.3 is 15.4 Å². The first-order valence-corrected chi connectivity index (χ1v) is 6.90. The molecule has 0 aliphatic heterocycles. The fourth-order valence-electron chi connectivity index (χ4n) is 2.16. The van der Waals surface area contributed by atoms with E-state index in [2.05, 4.69) is 4.98 Å². The molecular weight excluding hydrogens is 314 g/mol. The van der Waals surface area contributed by atoms with E-state index in [1.165, 1.54) is 24.0 Å². The molecule has 9 nitrogen and oxygen atoms in total. The van der Waals surface area contributed by atoms with Crippen molar-refractivity contribution in [1.82, 2.24) is 18.7 Å². The van der Waals surface area contributed by atoms with Crippen molar-refractivity contribution in [2.75, 3.05) is 5.73 Å². The smallest absolute Gasteiger partial charge is 0.337 e. The van der Waals surface area contributed by atoms with E-state index in [1.54, 1.807) is 36.9 Å². The van der Waals surface area contributed by atoms with Gasteiger partial charge in [-0.25, -0.2) is 14.6 Å². The van der Waals surface area contributed by atoms with Gasteiger partial charge in [0, 0.05) is 26.8 Å². The van der Waals surface area contributed by atoms with Gasteiger partial charge in [0.2, 0.25) is 0 Å². The Morgan fingerprint density at radius 2 is 1.75 bits per heavy atom. The van der Waals surface area contributed by atoms with Crippen LogP contribution in [0.1, 0.15) is 10.4 Å². The average Bonchev–Trinajstić information content (AvgIpc) is 2.93. The number of carboxylic acid groups (broad SMARTS) is 1. The zero-order valence-electron chi connectivity index (χ0n) is 13.4. The van der Waals surface area contributed by atoms with Crippen LogP contribution >= 0.6 is 0 Å². The Morgan fingerprint density at radius 3 is 2.29 bits per heavy atom. The van der Waals surface area contributed by atoms with Crippen LogP contribution in [0.5, 0.6) is 0 Å². The van der Waals surface area contributed by atoms with E-state index >= 15 is 0 Å². The van der Waals surface area contributed by atoms with Crippen LogP contribution in [0.15, 0.2) is 40.2 Å². The SMILES string of the molecule is Cn1c(=O)c2c(ncn2C)n(C)c1=O.Nc1ccccc1C(=O)O. The molecule has 1 aromatic carbocycles. The molecule has 3 rings (SSSR count). The number of carboxylic acids is 1. The lowest BCUT2D eigenvalue weighted by Gasteiger charge is -2.02. The second kappa shape index (κ2) is 6.41. The zero-order chi connectivity index (χ0) is 18.0. The number of benzene rings is 1. The topological polar surface area (TPSA) is 125 Å². The summed E-state index contributed by atoms with van der Waals surface area (Å²) in [6.07, 6.45) is 1.52. The summed E-state index contributed by atoms with van der Waals surface area (Å²) in [4.78, 5) is 37.5. The Bertz CT molecular complexity index is 1030. The number of aromatic carboxylic acids is 1. The molecular formula is C15H17N5O4. The van der Waals surface area contributed by atoms with Gasteiger partial charge in [-0.1, -0.05) is 12.1 Å². The predicted octanol–water partition coefficient (Wildman–Crippen LogP) is -0.0623. The molecule has 2 aromatic heterocycles. The molecule has 0 radical (unpaired) electrons. The molecule has 0 saturated heterocycles. The highest BCUT2D eigenvalue weighted by atomic mass is 16.4. The fourth-order valence-corrected chi connectivity index (χ4v) is 2.16. The molecule has 9 heteroatoms. The number of hydrogen-bond donors (Lipinski definition) is 2. The van der Waals surface area contributed by atoms with Crippen molar-refractivity contribution in [2.45, 2.75) is 0 Å². The molecule has 0 saturated carbocycles. The number of nitrogens with zero attached hydrogens (tertiary/aromatic N) is 4. The van der Waals surface area contributed by atoms with Crippen molar-refractivity contribution < 1.29 is 9.90 Å². The molecule has 3 N–H and O–H groups in total. The predicted molar refractivity (Wildman–Crippen MR) is 89.0 cm³/mol. The maximum atomic E-state index is 11.7. The Kier molecular flexibility index (Phi) is 4.54. The van der Waals surface area contributed by atoms with E-state index < -0.39 is 5.97 Å². The molecule has 3 aromatic rings. The molecule has 0 fully saturated rings. The number of rotatable bonds is 1. The number of aryl methyl sites for hydroxylation is 2. The Hall–Kier alpha value is -3.36. The zero-order valence-corrected chi connectivity index (χ0v) is 13.4. The van der Waals surface area contributed by atoms with Crippen LogP contribution in [0.3, 0.4) is 0 Å². The van der Waals surface area contributed by atoms with E-state index in [9.17, 15) is 14.4 Å². The molecule has 0 amide bonds. The fraction of sp³-hybridized carbons (Fsp3) is 0.200. The van der Waals surface area contributed by atoms with Crippen LogP contribution in [-0.2, 0) is 21.1 Å². The Labute approximate surface area is 136 Å². The summed E-state index contributed by atoms with van der Waals surface area (Å²) in [5.41, 5.74) is 5.98. The number of anilines is 1. The van der Waals surface area contributed by atoms with Gasteiger partial charge in [0.15, 0.2) is 11.2 Å². The molecule has 2 heterocycles. The first-order valence-electron chi connectivity index (χ1n) is 6.90. The van der Waals surface area contributed by atoms with E-state index in [-0.39, 0.29) is 16.8 Å². The lowest BCUT2D eigenvalue weighted by Crippen LogP contribution is -2.37. The highest BCUT2D eigenvalue weighted by molar-refractivity contribution is 5.93. The van der Waals surface area contributed by atoms with Crippen LogP contribution in [0.25, 0.3) is 11.2 Å². The number of nitrogen functional groups attached to an aromatic ring is 1. The number of carbonyl (C=O) groups is 1. The van der Waals surface area contributed by atoms with Gasteiger partial charge in [0.05, 0.1) is 11.9 Å². The molecule has 0 bridgehead atoms. The minimum absolute atomic E-state index is 0.155. The number of aromatic nitrogens is 4. The van der Waals surface area contributed by atoms with Gasteiger partial charge in [0.1, 0.15) is 0 Å². The van der Waals surface area contributed by atoms with E-state index in [0.29, 0.717) is 16.9 Å². The maximum Gasteiger partial charge on any atom is 0.337 e. The summed E-state index contributed by atoms with van der Waals surface area (Å²) < 4.78 is 4.04. The summed E-state index contributed by atoms with van der Waals surface area (Å²) >= 11 is 0. The summed E-state index contributed by atoms with van der Waals surface area (Å²) in [7, 11) is 4.77. The Balaban J connectivity index is 0.000000185. The normalized spacial score (nSPS) is 10.3. The third-order valence-electron chi connectivity index (χ3n) is 3.51. The van der Waals surface area contributed by atoms with Gasteiger partial charge in [0.25, 0.3) is 5.56 Å². The van der Waals surface area contributed by atoms with Crippen LogP contribution in [0.4, 0.5) is 5.69 Å². The van der Waals surface area contributed by atoms with Crippen LogP contribution in [-0.4, -0.2) is 29.8 Å². The lowest BCUT2D eigenvalue weighted by molar-refractivity contribution is 0.0698. The molecule has 0 aliphatic rings. The first kappa shape index (κ1) is 17.0. The summed E-state index contributed by atoms with van der Waals surface area (Å²) in [6.45, 7) is 0. The maximum absolute atomic E-state index is 11.7. The largest absolute Gasteiger partial charge is 0.478 e. The van der Waals surface area contributed by atoms with Crippen LogP contribution in [0, 0.1) is 0 Å². The summed E-state index contributed by atoms with van der Waals surface area (Å²) in [6, 6.07) is 6.36. The van der Waals surface area contributed by atoms with Gasteiger partial charge >= 0.3 is 11.7 Å². The highest BCUT2D eigenvalue weighted by Crippen LogP contribution is 2.09. The lowest BCUT2D eigenvalue weighted by atomic mass is 10.2. The second-order valence-electron chi connectivity index (χ2n) is 5.13. The van der Waals surface area contributed by atoms with Crippen molar-refractivity contribution in [3.8, 4) is 0 Å². The molecule has 0 spiro atoms. The van der Waals surface area contributed by atoms with Crippen LogP contribution in [0.2, 0.25) is 0 Å². The minimum Gasteiger partial charge on any atom is -0.478 e.